The maximum absolute atomic E-state index is 14.2. The fraction of sp³-hybridized carbons (Fsp3) is 0.457. The summed E-state index contributed by atoms with van der Waals surface area (Å²) in [6.45, 7) is 2.25. The second-order valence-corrected chi connectivity index (χ2v) is 12.7. The third kappa shape index (κ3) is 8.12. The van der Waals surface area contributed by atoms with E-state index in [1.165, 1.54) is 42.8 Å². The molecule has 2 aromatic carbocycles. The van der Waals surface area contributed by atoms with Crippen LogP contribution in [0.3, 0.4) is 0 Å². The Hall–Kier alpha value is -4.25. The quantitative estimate of drug-likeness (QED) is 0.254. The van der Waals surface area contributed by atoms with Crippen LogP contribution in [-0.2, 0) is 20.9 Å². The molecule has 0 radical (unpaired) electrons. The molecule has 3 aromatic rings. The van der Waals surface area contributed by atoms with Gasteiger partial charge in [-0.3, -0.25) is 19.3 Å². The van der Waals surface area contributed by atoms with Crippen molar-refractivity contribution in [3.05, 3.63) is 81.8 Å². The minimum Gasteiger partial charge on any atom is -0.508 e. The predicted molar refractivity (Wildman–Crippen MR) is 176 cm³/mol. The first-order valence-electron chi connectivity index (χ1n) is 16.6. The number of nitrogens with one attached hydrogen (secondary N) is 1. The molecule has 246 valence electrons. The number of likely N-dealkylation sites (tertiary alicyclic amines) is 1. The van der Waals surface area contributed by atoms with E-state index in [0.29, 0.717) is 23.5 Å². The van der Waals surface area contributed by atoms with Crippen LogP contribution in [0.5, 0.6) is 5.75 Å². The summed E-state index contributed by atoms with van der Waals surface area (Å²) in [6.07, 6.45) is 5.60. The van der Waals surface area contributed by atoms with Crippen LogP contribution in [0.25, 0.3) is 0 Å². The van der Waals surface area contributed by atoms with Gasteiger partial charge in [-0.25, -0.2) is 9.78 Å². The summed E-state index contributed by atoms with van der Waals surface area (Å²) in [5.74, 6) is -0.878. The Kier molecular flexibility index (Phi) is 11.4. The number of hydrogen-bond acceptors (Lipinski definition) is 8. The van der Waals surface area contributed by atoms with Gasteiger partial charge >= 0.3 is 6.09 Å². The zero-order chi connectivity index (χ0) is 33.9. The van der Waals surface area contributed by atoms with Crippen LogP contribution in [-0.4, -0.2) is 69.3 Å². The highest BCUT2D eigenvalue weighted by atomic mass is 32.1. The van der Waals surface area contributed by atoms with Crippen LogP contribution in [0, 0.1) is 5.92 Å². The molecule has 46 heavy (non-hydrogen) atoms. The molecule has 2 heterocycles. The number of amides is 3. The number of aromatic nitrogens is 1. The van der Waals surface area contributed by atoms with Gasteiger partial charge in [-0.15, -0.1) is 11.3 Å². The molecule has 1 aliphatic carbocycles. The normalized spacial score (nSPS) is 17.9. The summed E-state index contributed by atoms with van der Waals surface area (Å²) in [5, 5.41) is 15.2. The number of ether oxygens (including phenoxy) is 1. The number of aromatic hydroxyl groups is 1. The molecular weight excluding hydrogens is 604 g/mol. The highest BCUT2D eigenvalue weighted by molar-refractivity contribution is 7.10. The number of benzene rings is 2. The SMILES string of the molecule is C[C@@H](C(=O)N[C@H](C(=O)N1CCC[C@H]1c1nc(C(=O)c2cccc(O)c2)cs1)C1CCCCC1)N(C)C(=O)OCc1ccccc1.[2H]C. The van der Waals surface area contributed by atoms with Crippen molar-refractivity contribution < 1.29 is 30.4 Å². The van der Waals surface area contributed by atoms with E-state index < -0.39 is 24.1 Å². The molecule has 3 atom stereocenters. The Morgan fingerprint density at radius 1 is 1.09 bits per heavy atom. The van der Waals surface area contributed by atoms with Crippen molar-refractivity contribution in [1.82, 2.24) is 20.1 Å². The van der Waals surface area contributed by atoms with Gasteiger partial charge in [0.25, 0.3) is 0 Å². The third-order valence-electron chi connectivity index (χ3n) is 8.82. The molecule has 1 saturated carbocycles. The van der Waals surface area contributed by atoms with E-state index in [1.54, 1.807) is 29.3 Å². The standard InChI is InChI=1S/C34H40N4O6S.CH4/c1-22(37(2)34(43)44-20-23-11-5-3-6-12-23)31(41)36-29(24-13-7-4-8-14-24)33(42)38-18-10-17-28(38)32-35-27(21-45-32)30(40)25-15-9-16-26(39)19-25;/h3,5-6,9,11-12,15-16,19,21-22,24,28-29,39H,4,7-8,10,13-14,17-18,20H2,1-2H3,(H,36,41);1H4/t22-,28-,29-;/m0./s1/i;1D. The largest absolute Gasteiger partial charge is 0.508 e. The third-order valence-corrected chi connectivity index (χ3v) is 9.77. The Balaban J connectivity index is 0.00000245. The average Bonchev–Trinajstić information content (AvgIpc) is 3.80. The van der Waals surface area contributed by atoms with Gasteiger partial charge in [-0.05, 0) is 56.2 Å². The number of nitrogens with zero attached hydrogens (tertiary/aromatic N) is 3. The maximum atomic E-state index is 14.2. The van der Waals surface area contributed by atoms with Crippen molar-refractivity contribution in [3.8, 4) is 5.75 Å². The first kappa shape index (κ1) is 33.1. The van der Waals surface area contributed by atoms with Crippen molar-refractivity contribution in [3.63, 3.8) is 0 Å². The van der Waals surface area contributed by atoms with E-state index in [4.69, 9.17) is 6.11 Å². The molecule has 0 bridgehead atoms. The number of likely N-dealkylation sites (N-methyl/N-ethyl adjacent to an activating group) is 1. The van der Waals surface area contributed by atoms with Crippen molar-refractivity contribution in [2.24, 2.45) is 5.92 Å². The van der Waals surface area contributed by atoms with Crippen LogP contribution in [0.4, 0.5) is 4.79 Å². The second kappa shape index (κ2) is 15.8. The Morgan fingerprint density at radius 3 is 2.54 bits per heavy atom. The lowest BCUT2D eigenvalue weighted by Crippen LogP contribution is -2.56. The van der Waals surface area contributed by atoms with E-state index in [0.717, 1.165) is 44.1 Å². The molecule has 2 aliphatic rings. The smallest absolute Gasteiger partial charge is 0.410 e. The lowest BCUT2D eigenvalue weighted by Gasteiger charge is -2.35. The van der Waals surface area contributed by atoms with Gasteiger partial charge in [0.1, 0.15) is 35.1 Å². The number of rotatable bonds is 10. The van der Waals surface area contributed by atoms with Gasteiger partial charge in [0.05, 0.1) is 6.04 Å². The Labute approximate surface area is 276 Å². The summed E-state index contributed by atoms with van der Waals surface area (Å²) in [6, 6.07) is 13.6. The van der Waals surface area contributed by atoms with E-state index in [1.807, 2.05) is 30.3 Å². The minimum absolute atomic E-state index is 0.00394. The summed E-state index contributed by atoms with van der Waals surface area (Å²) >= 11 is 1.34. The van der Waals surface area contributed by atoms with Crippen LogP contribution >= 0.6 is 11.3 Å². The summed E-state index contributed by atoms with van der Waals surface area (Å²) in [7, 11) is 2.77. The molecule has 2 N–H and O–H groups in total. The molecule has 1 aliphatic heterocycles. The number of carbonyl (C=O) groups excluding carboxylic acids is 4. The van der Waals surface area contributed by atoms with E-state index in [9.17, 15) is 24.3 Å². The highest BCUT2D eigenvalue weighted by Gasteiger charge is 2.40. The van der Waals surface area contributed by atoms with Gasteiger partial charge in [-0.1, -0.05) is 69.1 Å². The van der Waals surface area contributed by atoms with Crippen LogP contribution < -0.4 is 5.32 Å². The van der Waals surface area contributed by atoms with E-state index in [-0.39, 0.29) is 41.7 Å². The number of carbonyl (C=O) groups is 4. The highest BCUT2D eigenvalue weighted by Crippen LogP contribution is 2.36. The van der Waals surface area contributed by atoms with Gasteiger partial charge in [0.15, 0.2) is 0 Å². The zero-order valence-electron chi connectivity index (χ0n) is 27.7. The zero-order valence-corrected chi connectivity index (χ0v) is 27.5. The summed E-state index contributed by atoms with van der Waals surface area (Å²) in [5.41, 5.74) is 1.46. The Bertz CT molecular complexity index is 1510. The first-order valence-corrected chi connectivity index (χ1v) is 16.4. The van der Waals surface area contributed by atoms with Gasteiger partial charge in [0.2, 0.25) is 17.6 Å². The molecule has 1 saturated heterocycles. The number of phenolic OH excluding ortho intramolecular Hbond substituents is 1. The molecule has 5 rings (SSSR count). The molecule has 1 aromatic heterocycles. The first-order chi connectivity index (χ1) is 22.7. The van der Waals surface area contributed by atoms with Crippen molar-refractivity contribution in [2.45, 2.75) is 84.0 Å². The predicted octanol–water partition coefficient (Wildman–Crippen LogP) is 6.10. The van der Waals surface area contributed by atoms with Crippen molar-refractivity contribution in [2.75, 3.05) is 13.6 Å². The lowest BCUT2D eigenvalue weighted by atomic mass is 9.83. The number of ketones is 1. The van der Waals surface area contributed by atoms with Crippen molar-refractivity contribution >= 4 is 35.0 Å². The lowest BCUT2D eigenvalue weighted by molar-refractivity contribution is -0.140. The van der Waals surface area contributed by atoms with Gasteiger partial charge in [-0.2, -0.15) is 0 Å². The summed E-state index contributed by atoms with van der Waals surface area (Å²) < 4.78 is 11.2. The summed E-state index contributed by atoms with van der Waals surface area (Å²) in [4.78, 5) is 61.2. The topological polar surface area (TPSA) is 129 Å². The molecule has 0 unspecified atom stereocenters. The molecule has 10 nitrogen and oxygen atoms in total. The second-order valence-electron chi connectivity index (χ2n) is 11.9. The molecule has 3 amide bonds. The monoisotopic (exact) mass is 649 g/mol. The molecule has 0 spiro atoms. The van der Waals surface area contributed by atoms with Crippen LogP contribution in [0.15, 0.2) is 60.0 Å². The minimum atomic E-state index is -0.855. The average molecular weight is 650 g/mol. The van der Waals surface area contributed by atoms with Gasteiger partial charge in [0, 0.05) is 25.9 Å². The van der Waals surface area contributed by atoms with Crippen molar-refractivity contribution in [1.29, 1.82) is 0 Å². The van der Waals surface area contributed by atoms with Crippen LogP contribution in [0.1, 0.15) is 93.3 Å². The maximum Gasteiger partial charge on any atom is 0.410 e. The number of phenols is 1. The van der Waals surface area contributed by atoms with Gasteiger partial charge < -0.3 is 20.1 Å². The Morgan fingerprint density at radius 2 is 1.83 bits per heavy atom. The molecule has 11 heteroatoms. The molecule has 2 fully saturated rings. The number of thiazole rings is 1. The van der Waals surface area contributed by atoms with Crippen LogP contribution in [0.2, 0.25) is 0 Å². The fourth-order valence-electron chi connectivity index (χ4n) is 6.08. The number of hydrogen-bond donors (Lipinski definition) is 2. The van der Waals surface area contributed by atoms with E-state index in [2.05, 4.69) is 10.3 Å². The van der Waals surface area contributed by atoms with E-state index >= 15 is 0 Å². The fourth-order valence-corrected chi connectivity index (χ4v) is 7.03. The molecular formula is C35H44N4O6S.